The van der Waals surface area contributed by atoms with E-state index in [4.69, 9.17) is 20.9 Å². The highest BCUT2D eigenvalue weighted by molar-refractivity contribution is 5.87. The summed E-state index contributed by atoms with van der Waals surface area (Å²) in [6, 6.07) is 6.45. The summed E-state index contributed by atoms with van der Waals surface area (Å²) >= 11 is 0. The molecule has 2 unspecified atom stereocenters. The number of carbonyl (C=O) groups is 2. The molecule has 1 aromatic rings. The lowest BCUT2D eigenvalue weighted by Crippen LogP contribution is -2.50. The van der Waals surface area contributed by atoms with Gasteiger partial charge in [0.2, 0.25) is 11.8 Å². The monoisotopic (exact) mass is 307 g/mol. The number of fused-ring (bicyclic) bond motifs is 1. The first-order valence-electron chi connectivity index (χ1n) is 7.22. The zero-order chi connectivity index (χ0) is 16.1. The van der Waals surface area contributed by atoms with Crippen LogP contribution in [0.1, 0.15) is 13.3 Å². The van der Waals surface area contributed by atoms with Crippen LogP contribution in [0.3, 0.4) is 0 Å². The van der Waals surface area contributed by atoms with E-state index in [2.05, 4.69) is 0 Å². The molecule has 7 heteroatoms. The molecule has 22 heavy (non-hydrogen) atoms. The van der Waals surface area contributed by atoms with E-state index in [0.717, 1.165) is 0 Å². The van der Waals surface area contributed by atoms with Crippen molar-refractivity contribution < 1.29 is 19.1 Å². The highest BCUT2D eigenvalue weighted by Crippen LogP contribution is 2.31. The Morgan fingerprint density at radius 3 is 2.68 bits per heavy atom. The Balaban J connectivity index is 1.96. The smallest absolute Gasteiger partial charge is 0.240 e. The maximum atomic E-state index is 12.2. The van der Waals surface area contributed by atoms with E-state index in [0.29, 0.717) is 31.2 Å². The van der Waals surface area contributed by atoms with E-state index in [1.165, 1.54) is 0 Å². The lowest BCUT2D eigenvalue weighted by molar-refractivity contribution is -0.135. The van der Waals surface area contributed by atoms with Gasteiger partial charge in [0.05, 0.1) is 19.0 Å². The van der Waals surface area contributed by atoms with Crippen molar-refractivity contribution in [3.63, 3.8) is 0 Å². The van der Waals surface area contributed by atoms with Gasteiger partial charge in [0.15, 0.2) is 17.6 Å². The Labute approximate surface area is 129 Å². The van der Waals surface area contributed by atoms with E-state index in [9.17, 15) is 9.59 Å². The topological polar surface area (TPSA) is 108 Å². The first-order valence-corrected chi connectivity index (χ1v) is 7.22. The predicted molar refractivity (Wildman–Crippen MR) is 80.4 cm³/mol. The van der Waals surface area contributed by atoms with Crippen LogP contribution in [-0.2, 0) is 9.59 Å². The second kappa shape index (κ2) is 7.13. The van der Waals surface area contributed by atoms with Gasteiger partial charge in [-0.3, -0.25) is 9.59 Å². The lowest BCUT2D eigenvalue weighted by Gasteiger charge is -2.31. The summed E-state index contributed by atoms with van der Waals surface area (Å²) in [4.78, 5) is 24.7. The number of carbonyl (C=O) groups excluding carboxylic acids is 2. The minimum atomic E-state index is -0.922. The van der Waals surface area contributed by atoms with Crippen molar-refractivity contribution in [2.24, 2.45) is 11.5 Å². The molecule has 2 amide bonds. The van der Waals surface area contributed by atoms with Gasteiger partial charge in [-0.15, -0.1) is 0 Å². The fraction of sp³-hybridized carbons (Fsp3) is 0.467. The highest BCUT2D eigenvalue weighted by Gasteiger charge is 2.27. The van der Waals surface area contributed by atoms with Crippen molar-refractivity contribution in [2.75, 3.05) is 19.7 Å². The van der Waals surface area contributed by atoms with Crippen molar-refractivity contribution in [1.82, 2.24) is 4.90 Å². The molecule has 0 aliphatic carbocycles. The molecule has 1 aromatic carbocycles. The molecule has 7 nitrogen and oxygen atoms in total. The molecule has 1 aliphatic rings. The number of primary amides is 1. The third-order valence-electron chi connectivity index (χ3n) is 3.42. The van der Waals surface area contributed by atoms with Crippen LogP contribution in [0, 0.1) is 0 Å². The van der Waals surface area contributed by atoms with Crippen LogP contribution < -0.4 is 20.9 Å². The van der Waals surface area contributed by atoms with Crippen molar-refractivity contribution in [1.29, 1.82) is 0 Å². The van der Waals surface area contributed by atoms with Gasteiger partial charge >= 0.3 is 0 Å². The third kappa shape index (κ3) is 3.88. The maximum absolute atomic E-state index is 12.2. The number of hydrogen-bond donors (Lipinski definition) is 2. The molecule has 1 aliphatic heterocycles. The zero-order valence-electron chi connectivity index (χ0n) is 12.5. The van der Waals surface area contributed by atoms with Gasteiger partial charge in [0.1, 0.15) is 6.61 Å². The minimum Gasteiger partial charge on any atom is -0.486 e. The molecule has 0 spiro atoms. The van der Waals surface area contributed by atoms with Crippen molar-refractivity contribution >= 4 is 11.8 Å². The number of benzene rings is 1. The normalized spacial score (nSPS) is 17.6. The summed E-state index contributed by atoms with van der Waals surface area (Å²) in [5.74, 6) is 0.439. The van der Waals surface area contributed by atoms with Gasteiger partial charge in [-0.25, -0.2) is 0 Å². The number of likely N-dealkylation sites (N-methyl/N-ethyl adjacent to an activating group) is 1. The largest absolute Gasteiger partial charge is 0.486 e. The quantitative estimate of drug-likeness (QED) is 0.761. The zero-order valence-corrected chi connectivity index (χ0v) is 12.5. The van der Waals surface area contributed by atoms with Crippen LogP contribution in [0.5, 0.6) is 11.5 Å². The Morgan fingerprint density at radius 1 is 1.36 bits per heavy atom. The second-order valence-electron chi connectivity index (χ2n) is 5.15. The van der Waals surface area contributed by atoms with Gasteiger partial charge in [-0.05, 0) is 19.1 Å². The summed E-state index contributed by atoms with van der Waals surface area (Å²) < 4.78 is 11.4. The number of nitrogens with zero attached hydrogens (tertiary/aromatic N) is 1. The molecule has 2 rings (SSSR count). The summed E-state index contributed by atoms with van der Waals surface area (Å²) in [6.07, 6.45) is -0.445. The van der Waals surface area contributed by atoms with Crippen LogP contribution in [-0.4, -0.2) is 48.6 Å². The van der Waals surface area contributed by atoms with Crippen LogP contribution >= 0.6 is 0 Å². The lowest BCUT2D eigenvalue weighted by atomic mass is 10.1. The molecule has 0 fully saturated rings. The van der Waals surface area contributed by atoms with Gasteiger partial charge < -0.3 is 25.8 Å². The number of amides is 2. The van der Waals surface area contributed by atoms with Crippen molar-refractivity contribution in [2.45, 2.75) is 25.5 Å². The van der Waals surface area contributed by atoms with Crippen LogP contribution in [0.15, 0.2) is 24.3 Å². The molecule has 0 saturated carbocycles. The standard InChI is InChI=1S/C15H21N3O4/c1-2-18(15(20)11(16)7-14(17)19)8-10-9-21-12-5-3-4-6-13(12)22-10/h3-6,10-11H,2,7-9,16H2,1H3,(H2,17,19). The fourth-order valence-corrected chi connectivity index (χ4v) is 2.31. The summed E-state index contributed by atoms with van der Waals surface area (Å²) in [7, 11) is 0. The number of ether oxygens (including phenoxy) is 2. The maximum Gasteiger partial charge on any atom is 0.240 e. The number of hydrogen-bond acceptors (Lipinski definition) is 5. The Hall–Kier alpha value is -2.28. The van der Waals surface area contributed by atoms with E-state index < -0.39 is 11.9 Å². The first kappa shape index (κ1) is 16.1. The van der Waals surface area contributed by atoms with E-state index in [1.54, 1.807) is 4.90 Å². The van der Waals surface area contributed by atoms with Crippen LogP contribution in [0.2, 0.25) is 0 Å². The number of rotatable bonds is 6. The molecular formula is C15H21N3O4. The SMILES string of the molecule is CCN(CC1COc2ccccc2O1)C(=O)C(N)CC(N)=O. The molecule has 0 radical (unpaired) electrons. The summed E-state index contributed by atoms with van der Waals surface area (Å²) in [5, 5.41) is 0. The van der Waals surface area contributed by atoms with E-state index in [1.807, 2.05) is 31.2 Å². The Morgan fingerprint density at radius 2 is 2.05 bits per heavy atom. The fourth-order valence-electron chi connectivity index (χ4n) is 2.31. The van der Waals surface area contributed by atoms with Gasteiger partial charge in [-0.2, -0.15) is 0 Å². The van der Waals surface area contributed by atoms with E-state index >= 15 is 0 Å². The van der Waals surface area contributed by atoms with Gasteiger partial charge in [0, 0.05) is 6.54 Å². The van der Waals surface area contributed by atoms with Gasteiger partial charge in [-0.1, -0.05) is 12.1 Å². The molecular weight excluding hydrogens is 286 g/mol. The molecule has 0 saturated heterocycles. The number of nitrogens with two attached hydrogens (primary N) is 2. The average Bonchev–Trinajstić information content (AvgIpc) is 2.51. The highest BCUT2D eigenvalue weighted by atomic mass is 16.6. The minimum absolute atomic E-state index is 0.166. The summed E-state index contributed by atoms with van der Waals surface area (Å²) in [5.41, 5.74) is 10.8. The Kier molecular flexibility index (Phi) is 5.21. The summed E-state index contributed by atoms with van der Waals surface area (Å²) in [6.45, 7) is 3.00. The molecule has 1 heterocycles. The van der Waals surface area contributed by atoms with Crippen LogP contribution in [0.4, 0.5) is 0 Å². The van der Waals surface area contributed by atoms with Gasteiger partial charge in [0.25, 0.3) is 0 Å². The van der Waals surface area contributed by atoms with E-state index in [-0.39, 0.29) is 18.4 Å². The molecule has 120 valence electrons. The van der Waals surface area contributed by atoms with Crippen molar-refractivity contribution in [3.05, 3.63) is 24.3 Å². The third-order valence-corrected chi connectivity index (χ3v) is 3.42. The predicted octanol–water partition coefficient (Wildman–Crippen LogP) is -0.122. The molecule has 2 atom stereocenters. The first-order chi connectivity index (χ1) is 10.5. The second-order valence-corrected chi connectivity index (χ2v) is 5.15. The molecule has 4 N–H and O–H groups in total. The number of para-hydroxylation sites is 2. The van der Waals surface area contributed by atoms with Crippen molar-refractivity contribution in [3.8, 4) is 11.5 Å². The van der Waals surface area contributed by atoms with Crippen LogP contribution in [0.25, 0.3) is 0 Å². The molecule has 0 bridgehead atoms. The molecule has 0 aromatic heterocycles. The average molecular weight is 307 g/mol. The Bertz CT molecular complexity index is 549.